The molecule has 0 radical (unpaired) electrons. The molecule has 3 heterocycles. The highest BCUT2D eigenvalue weighted by Crippen LogP contribution is 2.43. The Morgan fingerprint density at radius 3 is 2.42 bits per heavy atom. The molecule has 1 aromatic heterocycles. The molecule has 0 bridgehead atoms. The van der Waals surface area contributed by atoms with Crippen LogP contribution in [0.15, 0.2) is 41.8 Å². The highest BCUT2D eigenvalue weighted by atomic mass is 32.1. The smallest absolute Gasteiger partial charge is 0.228 e. The summed E-state index contributed by atoms with van der Waals surface area (Å²) in [4.78, 5) is 43.6. The number of carbonyl (C=O) groups is 3. The van der Waals surface area contributed by atoms with Gasteiger partial charge in [-0.05, 0) is 49.3 Å². The molecule has 2 aliphatic rings. The van der Waals surface area contributed by atoms with E-state index in [2.05, 4.69) is 19.2 Å². The topological polar surface area (TPSA) is 69.7 Å². The minimum absolute atomic E-state index is 0.0218. The highest BCUT2D eigenvalue weighted by Gasteiger charge is 2.46. The number of hydrogen-bond acceptors (Lipinski definition) is 4. The molecule has 3 amide bonds. The second-order valence-electron chi connectivity index (χ2n) is 9.63. The summed E-state index contributed by atoms with van der Waals surface area (Å²) < 4.78 is 0. The molecule has 4 rings (SSSR count). The van der Waals surface area contributed by atoms with E-state index in [1.807, 2.05) is 53.6 Å². The van der Waals surface area contributed by atoms with Crippen LogP contribution in [0.2, 0.25) is 0 Å². The van der Waals surface area contributed by atoms with E-state index in [0.29, 0.717) is 25.4 Å². The van der Waals surface area contributed by atoms with Gasteiger partial charge in [-0.25, -0.2) is 0 Å². The summed E-state index contributed by atoms with van der Waals surface area (Å²) in [5.41, 5.74) is 1.96. The van der Waals surface area contributed by atoms with E-state index in [1.165, 1.54) is 0 Å². The van der Waals surface area contributed by atoms with Crippen molar-refractivity contribution < 1.29 is 14.4 Å². The predicted octanol–water partition coefficient (Wildman–Crippen LogP) is 4.30. The van der Waals surface area contributed by atoms with Crippen molar-refractivity contribution in [2.24, 2.45) is 11.8 Å². The quantitative estimate of drug-likeness (QED) is 0.689. The predicted molar refractivity (Wildman–Crippen MR) is 131 cm³/mol. The number of carbonyl (C=O) groups excluding carboxylic acids is 3. The zero-order valence-electron chi connectivity index (χ0n) is 19.6. The van der Waals surface area contributed by atoms with Crippen LogP contribution in [0.25, 0.3) is 0 Å². The summed E-state index contributed by atoms with van der Waals surface area (Å²) in [6, 6.07) is 11.6. The van der Waals surface area contributed by atoms with Crippen LogP contribution < -0.4 is 10.2 Å². The van der Waals surface area contributed by atoms with Crippen molar-refractivity contribution in [3.8, 4) is 0 Å². The Kier molecular flexibility index (Phi) is 7.17. The van der Waals surface area contributed by atoms with E-state index in [9.17, 15) is 14.4 Å². The number of rotatable bonds is 6. The average Bonchev–Trinajstić information content (AvgIpc) is 3.42. The monoisotopic (exact) mass is 467 g/mol. The second-order valence-corrected chi connectivity index (χ2v) is 10.6. The first kappa shape index (κ1) is 23.5. The lowest BCUT2D eigenvalue weighted by Gasteiger charge is -2.34. The van der Waals surface area contributed by atoms with E-state index in [0.717, 1.165) is 29.0 Å². The van der Waals surface area contributed by atoms with Gasteiger partial charge in [0, 0.05) is 42.5 Å². The maximum absolute atomic E-state index is 13.4. The molecular formula is C26H33N3O3S. The molecule has 2 atom stereocenters. The van der Waals surface area contributed by atoms with E-state index in [1.54, 1.807) is 16.2 Å². The van der Waals surface area contributed by atoms with Gasteiger partial charge in [-0.1, -0.05) is 37.6 Å². The molecular weight excluding hydrogens is 434 g/mol. The number of aryl methyl sites for hydroxylation is 1. The second kappa shape index (κ2) is 10.1. The van der Waals surface area contributed by atoms with Gasteiger partial charge in [-0.3, -0.25) is 14.4 Å². The Bertz CT molecular complexity index is 979. The molecule has 2 unspecified atom stereocenters. The Morgan fingerprint density at radius 2 is 1.82 bits per heavy atom. The molecule has 2 aliphatic heterocycles. The zero-order valence-corrected chi connectivity index (χ0v) is 20.4. The van der Waals surface area contributed by atoms with Crippen molar-refractivity contribution in [2.45, 2.75) is 58.5 Å². The van der Waals surface area contributed by atoms with Crippen LogP contribution in [0, 0.1) is 18.8 Å². The first-order chi connectivity index (χ1) is 15.8. The van der Waals surface area contributed by atoms with Crippen molar-refractivity contribution in [3.05, 3.63) is 52.2 Å². The molecule has 1 aromatic carbocycles. The third-order valence-electron chi connectivity index (χ3n) is 6.58. The minimum Gasteiger partial charge on any atom is -0.353 e. The lowest BCUT2D eigenvalue weighted by Crippen LogP contribution is -2.48. The third kappa shape index (κ3) is 5.29. The molecule has 0 spiro atoms. The standard InChI is InChI=1S/C26H33N3O3S/c1-17(2)15-23(30)28-12-10-19(11-13-28)27-26(32)21-16-24(31)29(20-8-6-18(3)7-9-20)25(21)22-5-4-14-33-22/h4-9,14,17,19,21,25H,10-13,15-16H2,1-3H3,(H,27,32). The molecule has 2 fully saturated rings. The number of benzene rings is 1. The van der Waals surface area contributed by atoms with Gasteiger partial charge in [0.1, 0.15) is 0 Å². The van der Waals surface area contributed by atoms with Gasteiger partial charge < -0.3 is 15.1 Å². The van der Waals surface area contributed by atoms with Crippen LogP contribution in [0.5, 0.6) is 0 Å². The normalized spacial score (nSPS) is 21.6. The fraction of sp³-hybridized carbons (Fsp3) is 0.500. The molecule has 2 aromatic rings. The first-order valence-electron chi connectivity index (χ1n) is 11.8. The van der Waals surface area contributed by atoms with Gasteiger partial charge in [-0.15, -0.1) is 11.3 Å². The van der Waals surface area contributed by atoms with Gasteiger partial charge in [0.05, 0.1) is 12.0 Å². The van der Waals surface area contributed by atoms with Crippen LogP contribution in [0.1, 0.15) is 56.0 Å². The van der Waals surface area contributed by atoms with E-state index < -0.39 is 5.92 Å². The number of likely N-dealkylation sites (tertiary alicyclic amines) is 1. The van der Waals surface area contributed by atoms with Gasteiger partial charge in [0.25, 0.3) is 0 Å². The van der Waals surface area contributed by atoms with E-state index in [-0.39, 0.29) is 36.2 Å². The van der Waals surface area contributed by atoms with Crippen LogP contribution >= 0.6 is 11.3 Å². The van der Waals surface area contributed by atoms with Gasteiger partial charge in [0.2, 0.25) is 17.7 Å². The van der Waals surface area contributed by atoms with Crippen molar-refractivity contribution in [3.63, 3.8) is 0 Å². The maximum Gasteiger partial charge on any atom is 0.228 e. The van der Waals surface area contributed by atoms with Gasteiger partial charge in [0.15, 0.2) is 0 Å². The number of anilines is 1. The summed E-state index contributed by atoms with van der Waals surface area (Å²) in [6.07, 6.45) is 2.27. The zero-order chi connectivity index (χ0) is 23.5. The molecule has 1 N–H and O–H groups in total. The number of thiophene rings is 1. The summed E-state index contributed by atoms with van der Waals surface area (Å²) in [7, 11) is 0. The molecule has 7 heteroatoms. The van der Waals surface area contributed by atoms with Gasteiger partial charge in [-0.2, -0.15) is 0 Å². The summed E-state index contributed by atoms with van der Waals surface area (Å²) in [5.74, 6) is 0.0241. The van der Waals surface area contributed by atoms with Crippen molar-refractivity contribution >= 4 is 34.7 Å². The van der Waals surface area contributed by atoms with Gasteiger partial charge >= 0.3 is 0 Å². The Hall–Kier alpha value is -2.67. The molecule has 2 saturated heterocycles. The Morgan fingerprint density at radius 1 is 1.12 bits per heavy atom. The fourth-order valence-electron chi connectivity index (χ4n) is 4.82. The first-order valence-corrected chi connectivity index (χ1v) is 12.7. The Labute approximate surface area is 200 Å². The van der Waals surface area contributed by atoms with Crippen LogP contribution in [-0.2, 0) is 14.4 Å². The lowest BCUT2D eigenvalue weighted by molar-refractivity contribution is -0.133. The van der Waals surface area contributed by atoms with Crippen molar-refractivity contribution in [1.82, 2.24) is 10.2 Å². The molecule has 0 saturated carbocycles. The number of nitrogens with one attached hydrogen (secondary N) is 1. The number of nitrogens with zero attached hydrogens (tertiary/aromatic N) is 2. The van der Waals surface area contributed by atoms with Crippen LogP contribution in [0.4, 0.5) is 5.69 Å². The molecule has 0 aliphatic carbocycles. The fourth-order valence-corrected chi connectivity index (χ4v) is 5.70. The number of piperidine rings is 1. The van der Waals surface area contributed by atoms with E-state index >= 15 is 0 Å². The SMILES string of the molecule is Cc1ccc(N2C(=O)CC(C(=O)NC3CCN(C(=O)CC(C)C)CC3)C2c2cccs2)cc1. The minimum atomic E-state index is -0.432. The van der Waals surface area contributed by atoms with E-state index in [4.69, 9.17) is 0 Å². The lowest BCUT2D eigenvalue weighted by atomic mass is 9.96. The van der Waals surface area contributed by atoms with Crippen LogP contribution in [-0.4, -0.2) is 41.8 Å². The average molecular weight is 468 g/mol. The Balaban J connectivity index is 1.45. The molecule has 176 valence electrons. The highest BCUT2D eigenvalue weighted by molar-refractivity contribution is 7.10. The summed E-state index contributed by atoms with van der Waals surface area (Å²) in [5, 5.41) is 5.19. The summed E-state index contributed by atoms with van der Waals surface area (Å²) >= 11 is 1.58. The maximum atomic E-state index is 13.4. The van der Waals surface area contributed by atoms with Crippen LogP contribution in [0.3, 0.4) is 0 Å². The number of amides is 3. The summed E-state index contributed by atoms with van der Waals surface area (Å²) in [6.45, 7) is 7.47. The molecule has 6 nitrogen and oxygen atoms in total. The van der Waals surface area contributed by atoms with Crippen molar-refractivity contribution in [1.29, 1.82) is 0 Å². The van der Waals surface area contributed by atoms with Crippen molar-refractivity contribution in [2.75, 3.05) is 18.0 Å². The third-order valence-corrected chi connectivity index (χ3v) is 7.53. The molecule has 33 heavy (non-hydrogen) atoms. The largest absolute Gasteiger partial charge is 0.353 e. The number of hydrogen-bond donors (Lipinski definition) is 1.